The van der Waals surface area contributed by atoms with Gasteiger partial charge in [-0.15, -0.1) is 0 Å². The fourth-order valence-electron chi connectivity index (χ4n) is 1.83. The molecule has 5 heteroatoms. The molecule has 1 aliphatic carbocycles. The molecule has 0 aromatic heterocycles. The van der Waals surface area contributed by atoms with Crippen LogP contribution in [0.4, 0.5) is 4.79 Å². The van der Waals surface area contributed by atoms with Crippen molar-refractivity contribution in [3.05, 3.63) is 29.3 Å². The Hall–Kier alpha value is -2.04. The van der Waals surface area contributed by atoms with E-state index in [1.807, 2.05) is 0 Å². The van der Waals surface area contributed by atoms with Crippen molar-refractivity contribution in [3.63, 3.8) is 0 Å². The largest absolute Gasteiger partial charge is 0.508 e. The number of ether oxygens (including phenoxy) is 3. The fraction of sp³-hybridized carbons (Fsp3) is 0.333. The Labute approximate surface area is 98.3 Å². The van der Waals surface area contributed by atoms with Crippen LogP contribution < -0.4 is 4.74 Å². The normalized spacial score (nSPS) is 17.5. The van der Waals surface area contributed by atoms with Crippen LogP contribution in [0.3, 0.4) is 0 Å². The van der Waals surface area contributed by atoms with Crippen molar-refractivity contribution in [1.29, 1.82) is 0 Å². The number of hydrogen-bond donors (Lipinski definition) is 0. The molecule has 0 saturated carbocycles. The number of rotatable bonds is 2. The van der Waals surface area contributed by atoms with Gasteiger partial charge in [-0.05, 0) is 23.8 Å². The van der Waals surface area contributed by atoms with Gasteiger partial charge < -0.3 is 14.2 Å². The van der Waals surface area contributed by atoms with E-state index in [9.17, 15) is 9.59 Å². The summed E-state index contributed by atoms with van der Waals surface area (Å²) >= 11 is 0. The fourth-order valence-corrected chi connectivity index (χ4v) is 1.83. The van der Waals surface area contributed by atoms with Gasteiger partial charge in [-0.2, -0.15) is 0 Å². The highest BCUT2D eigenvalue weighted by molar-refractivity contribution is 6.04. The summed E-state index contributed by atoms with van der Waals surface area (Å²) in [5, 5.41) is 0. The van der Waals surface area contributed by atoms with Crippen molar-refractivity contribution >= 4 is 11.9 Å². The van der Waals surface area contributed by atoms with Gasteiger partial charge in [0.25, 0.3) is 0 Å². The third-order valence-corrected chi connectivity index (χ3v) is 2.68. The summed E-state index contributed by atoms with van der Waals surface area (Å²) in [5.74, 6) is 0.475. The number of fused-ring (bicyclic) bond motifs is 1. The Kier molecular flexibility index (Phi) is 2.99. The first kappa shape index (κ1) is 11.4. The summed E-state index contributed by atoms with van der Waals surface area (Å²) in [6.45, 7) is 0. The Morgan fingerprint density at radius 3 is 2.76 bits per heavy atom. The van der Waals surface area contributed by atoms with Crippen LogP contribution in [0.2, 0.25) is 0 Å². The summed E-state index contributed by atoms with van der Waals surface area (Å²) in [6, 6.07) is 5.16. The summed E-state index contributed by atoms with van der Waals surface area (Å²) in [7, 11) is 2.76. The van der Waals surface area contributed by atoms with E-state index in [-0.39, 0.29) is 5.78 Å². The lowest BCUT2D eigenvalue weighted by atomic mass is 10.1. The molecule has 0 spiro atoms. The highest BCUT2D eigenvalue weighted by atomic mass is 16.7. The monoisotopic (exact) mass is 236 g/mol. The lowest BCUT2D eigenvalue weighted by molar-refractivity contribution is 0.0359. The second-order valence-corrected chi connectivity index (χ2v) is 3.65. The van der Waals surface area contributed by atoms with E-state index >= 15 is 0 Å². The summed E-state index contributed by atoms with van der Waals surface area (Å²) in [6.07, 6.45) is -1.27. The summed E-state index contributed by atoms with van der Waals surface area (Å²) in [4.78, 5) is 22.8. The molecule has 5 nitrogen and oxygen atoms in total. The van der Waals surface area contributed by atoms with Gasteiger partial charge in [0.1, 0.15) is 5.75 Å². The number of ketones is 1. The van der Waals surface area contributed by atoms with Gasteiger partial charge in [-0.25, -0.2) is 4.79 Å². The average Bonchev–Trinajstić information content (AvgIpc) is 2.65. The highest BCUT2D eigenvalue weighted by Crippen LogP contribution is 2.28. The van der Waals surface area contributed by atoms with E-state index in [1.54, 1.807) is 25.3 Å². The molecule has 0 heterocycles. The molecule has 1 unspecified atom stereocenters. The molecule has 0 radical (unpaired) electrons. The van der Waals surface area contributed by atoms with Crippen molar-refractivity contribution in [2.75, 3.05) is 14.2 Å². The molecule has 1 aromatic rings. The van der Waals surface area contributed by atoms with Crippen LogP contribution in [0.1, 0.15) is 15.9 Å². The van der Waals surface area contributed by atoms with Crippen molar-refractivity contribution < 1.29 is 23.8 Å². The maximum absolute atomic E-state index is 11.9. The molecular formula is C12H12O5. The van der Waals surface area contributed by atoms with E-state index in [1.165, 1.54) is 7.11 Å². The first-order valence-electron chi connectivity index (χ1n) is 5.11. The first-order chi connectivity index (χ1) is 8.15. The van der Waals surface area contributed by atoms with Gasteiger partial charge in [-0.1, -0.05) is 0 Å². The zero-order valence-corrected chi connectivity index (χ0v) is 9.56. The van der Waals surface area contributed by atoms with Gasteiger partial charge >= 0.3 is 6.16 Å². The second-order valence-electron chi connectivity index (χ2n) is 3.65. The molecule has 0 amide bonds. The molecule has 0 aliphatic heterocycles. The molecule has 0 saturated heterocycles. The van der Waals surface area contributed by atoms with Crippen LogP contribution in [-0.2, 0) is 15.9 Å². The lowest BCUT2D eigenvalue weighted by Gasteiger charge is -2.07. The zero-order chi connectivity index (χ0) is 12.4. The molecule has 1 atom stereocenters. The third-order valence-electron chi connectivity index (χ3n) is 2.68. The smallest absolute Gasteiger partial charge is 0.497 e. The predicted octanol–water partition coefficient (Wildman–Crippen LogP) is 1.59. The molecule has 2 rings (SSSR count). The van der Waals surface area contributed by atoms with Crippen LogP contribution in [0, 0.1) is 0 Å². The third kappa shape index (κ3) is 2.08. The Morgan fingerprint density at radius 1 is 1.35 bits per heavy atom. The molecular weight excluding hydrogens is 224 g/mol. The topological polar surface area (TPSA) is 61.8 Å². The van der Waals surface area contributed by atoms with E-state index < -0.39 is 12.3 Å². The quantitative estimate of drug-likeness (QED) is 0.729. The number of hydrogen-bond acceptors (Lipinski definition) is 5. The van der Waals surface area contributed by atoms with Gasteiger partial charge in [0.05, 0.1) is 14.2 Å². The van der Waals surface area contributed by atoms with Crippen LogP contribution in [0.5, 0.6) is 5.75 Å². The van der Waals surface area contributed by atoms with Gasteiger partial charge in [0.15, 0.2) is 6.10 Å². The molecule has 0 bridgehead atoms. The standard InChI is InChI=1S/C12H12O5/c1-15-8-3-4-9-7(5-8)6-10(11(9)13)17-12(14)16-2/h3-5,10H,6H2,1-2H3. The molecule has 1 aromatic carbocycles. The summed E-state index contributed by atoms with van der Waals surface area (Å²) in [5.41, 5.74) is 1.39. The van der Waals surface area contributed by atoms with E-state index in [2.05, 4.69) is 4.74 Å². The lowest BCUT2D eigenvalue weighted by Crippen LogP contribution is -2.23. The van der Waals surface area contributed by atoms with Crippen molar-refractivity contribution in [1.82, 2.24) is 0 Å². The number of Topliss-reactive ketones (excluding diaryl/α,β-unsaturated/α-hetero) is 1. The van der Waals surface area contributed by atoms with Crippen molar-refractivity contribution in [2.24, 2.45) is 0 Å². The first-order valence-corrected chi connectivity index (χ1v) is 5.11. The van der Waals surface area contributed by atoms with Crippen LogP contribution in [0.15, 0.2) is 18.2 Å². The molecule has 0 N–H and O–H groups in total. The average molecular weight is 236 g/mol. The second kappa shape index (κ2) is 4.45. The van der Waals surface area contributed by atoms with E-state index in [4.69, 9.17) is 9.47 Å². The van der Waals surface area contributed by atoms with Gasteiger partial charge in [0, 0.05) is 12.0 Å². The zero-order valence-electron chi connectivity index (χ0n) is 9.56. The summed E-state index contributed by atoms with van der Waals surface area (Å²) < 4.78 is 14.3. The Balaban J connectivity index is 2.20. The van der Waals surface area contributed by atoms with Gasteiger partial charge in [-0.3, -0.25) is 4.79 Å². The van der Waals surface area contributed by atoms with Gasteiger partial charge in [0.2, 0.25) is 5.78 Å². The van der Waals surface area contributed by atoms with E-state index in [0.717, 1.165) is 5.56 Å². The van der Waals surface area contributed by atoms with Crippen LogP contribution in [-0.4, -0.2) is 32.3 Å². The SMILES string of the molecule is COC(=O)OC1Cc2cc(OC)ccc2C1=O. The van der Waals surface area contributed by atoms with Crippen LogP contribution >= 0.6 is 0 Å². The molecule has 1 aliphatic rings. The number of methoxy groups -OCH3 is 2. The minimum atomic E-state index is -0.844. The Morgan fingerprint density at radius 2 is 2.12 bits per heavy atom. The Bertz CT molecular complexity index is 466. The van der Waals surface area contributed by atoms with Crippen LogP contribution in [0.25, 0.3) is 0 Å². The number of benzene rings is 1. The van der Waals surface area contributed by atoms with E-state index in [0.29, 0.717) is 17.7 Å². The number of carbonyl (C=O) groups is 2. The maximum atomic E-state index is 11.9. The minimum absolute atomic E-state index is 0.201. The molecule has 17 heavy (non-hydrogen) atoms. The molecule has 90 valence electrons. The van der Waals surface area contributed by atoms with Crippen molar-refractivity contribution in [2.45, 2.75) is 12.5 Å². The predicted molar refractivity (Wildman–Crippen MR) is 58.3 cm³/mol. The van der Waals surface area contributed by atoms with Crippen molar-refractivity contribution in [3.8, 4) is 5.75 Å². The highest BCUT2D eigenvalue weighted by Gasteiger charge is 2.33. The maximum Gasteiger partial charge on any atom is 0.508 e. The minimum Gasteiger partial charge on any atom is -0.497 e. The molecule has 0 fully saturated rings. The number of carbonyl (C=O) groups excluding carboxylic acids is 2.